The number of carbonyl (C=O) groups excluding carboxylic acids is 1. The molecule has 3 atom stereocenters. The topological polar surface area (TPSA) is 74.7 Å². The summed E-state index contributed by atoms with van der Waals surface area (Å²) in [6.45, 7) is 3.85. The molecule has 0 bridgehead atoms. The zero-order valence-corrected chi connectivity index (χ0v) is 29.1. The van der Waals surface area contributed by atoms with Crippen LogP contribution in [0.2, 0.25) is 0 Å². The molecule has 2 aliphatic rings. The number of rotatable bonds is 8. The number of furan rings is 1. The van der Waals surface area contributed by atoms with Crippen LogP contribution in [-0.4, -0.2) is 62.1 Å². The molecule has 13 heteroatoms. The highest BCUT2D eigenvalue weighted by Gasteiger charge is 2.41. The van der Waals surface area contributed by atoms with Crippen LogP contribution in [0.25, 0.3) is 11.0 Å². The van der Waals surface area contributed by atoms with Crippen LogP contribution in [0.1, 0.15) is 76.2 Å². The van der Waals surface area contributed by atoms with Crippen molar-refractivity contribution in [3.8, 4) is 0 Å². The van der Waals surface area contributed by atoms with Crippen LogP contribution in [0.3, 0.4) is 0 Å². The van der Waals surface area contributed by atoms with Crippen LogP contribution in [0, 0.1) is 12.8 Å². The van der Waals surface area contributed by atoms with Crippen molar-refractivity contribution in [1.82, 2.24) is 19.4 Å². The molecule has 2 saturated heterocycles. The van der Waals surface area contributed by atoms with E-state index >= 15 is 0 Å². The average Bonchev–Trinajstić information content (AvgIpc) is 3.73. The summed E-state index contributed by atoms with van der Waals surface area (Å²) in [5.74, 6) is 1.22. The summed E-state index contributed by atoms with van der Waals surface area (Å²) in [6.07, 6.45) is -8.15. The molecule has 0 spiro atoms. The fourth-order valence-corrected chi connectivity index (χ4v) is 7.98. The van der Waals surface area contributed by atoms with Crippen molar-refractivity contribution in [2.75, 3.05) is 19.6 Å². The van der Waals surface area contributed by atoms with E-state index in [-0.39, 0.29) is 24.6 Å². The second kappa shape index (κ2) is 14.7. The Labute approximate surface area is 302 Å². The Morgan fingerprint density at radius 3 is 2.17 bits per heavy atom. The Bertz CT molecular complexity index is 2020. The zero-order valence-electron chi connectivity index (χ0n) is 29.1. The van der Waals surface area contributed by atoms with Crippen LogP contribution < -0.4 is 0 Å². The highest BCUT2D eigenvalue weighted by molar-refractivity contribution is 5.95. The number of nitrogens with zero attached hydrogens (tertiary/aromatic N) is 4. The van der Waals surface area contributed by atoms with Gasteiger partial charge in [-0.25, -0.2) is 4.98 Å². The van der Waals surface area contributed by atoms with Crippen LogP contribution in [0.15, 0.2) is 89.3 Å². The Morgan fingerprint density at radius 2 is 1.53 bits per heavy atom. The first-order valence-corrected chi connectivity index (χ1v) is 17.8. The van der Waals surface area contributed by atoms with Gasteiger partial charge >= 0.3 is 12.4 Å². The van der Waals surface area contributed by atoms with E-state index in [1.54, 1.807) is 0 Å². The molecule has 1 amide bonds. The van der Waals surface area contributed by atoms with E-state index in [1.165, 1.54) is 4.90 Å². The lowest BCUT2D eigenvalue weighted by atomic mass is 9.86. The average molecular weight is 739 g/mol. The molecule has 3 unspecified atom stereocenters. The molecular weight excluding hydrogens is 698 g/mol. The molecule has 3 aromatic carbocycles. The van der Waals surface area contributed by atoms with E-state index in [1.807, 2.05) is 78.2 Å². The standard InChI is InChI=1S/C40H40F6N4O3/c1-25-11-12-33(53-25)24-50-35-10-6-5-9-34(35)47-37(50)36(51)27-13-16-48(17-14-27)31-15-18-49(32(23-31)19-26-7-3-2-4-8-26)38(52)28-20-29(39(41,42)43)22-30(21-28)40(44,45)46/h2-12,20-22,27,31-32,36,51H,13-19,23-24H2,1H3. The van der Waals surface area contributed by atoms with E-state index in [2.05, 4.69) is 4.90 Å². The van der Waals surface area contributed by atoms with Crippen molar-refractivity contribution < 1.29 is 40.7 Å². The smallest absolute Gasteiger partial charge is 0.416 e. The van der Waals surface area contributed by atoms with Gasteiger partial charge in [-0.2, -0.15) is 26.3 Å². The van der Waals surface area contributed by atoms with Crippen LogP contribution in [-0.2, 0) is 25.3 Å². The molecule has 4 heterocycles. The monoisotopic (exact) mass is 738 g/mol. The number of aliphatic hydroxyl groups is 1. The number of hydrogen-bond acceptors (Lipinski definition) is 5. The molecule has 2 fully saturated rings. The van der Waals surface area contributed by atoms with Gasteiger partial charge < -0.3 is 23.9 Å². The quantitative estimate of drug-likeness (QED) is 0.161. The minimum Gasteiger partial charge on any atom is -0.464 e. The molecule has 1 N–H and O–H groups in total. The Kier molecular flexibility index (Phi) is 10.2. The van der Waals surface area contributed by atoms with Crippen molar-refractivity contribution >= 4 is 16.9 Å². The van der Waals surface area contributed by atoms with Gasteiger partial charge in [-0.15, -0.1) is 0 Å². The molecule has 7 rings (SSSR count). The van der Waals surface area contributed by atoms with Crippen molar-refractivity contribution in [2.45, 2.75) is 76.1 Å². The largest absolute Gasteiger partial charge is 0.464 e. The Morgan fingerprint density at radius 1 is 0.868 bits per heavy atom. The Hall–Kier alpha value is -4.62. The molecule has 2 aliphatic heterocycles. The minimum absolute atomic E-state index is 0.0323. The van der Waals surface area contributed by atoms with Gasteiger partial charge in [-0.05, 0) is 106 Å². The summed E-state index contributed by atoms with van der Waals surface area (Å²) in [5.41, 5.74) is -1.06. The van der Waals surface area contributed by atoms with E-state index in [9.17, 15) is 36.2 Å². The number of imidazole rings is 1. The number of halogens is 6. The molecule has 5 aromatic rings. The van der Waals surface area contributed by atoms with Crippen molar-refractivity contribution in [1.29, 1.82) is 0 Å². The third kappa shape index (κ3) is 8.01. The number of para-hydroxylation sites is 2. The summed E-state index contributed by atoms with van der Waals surface area (Å²) in [4.78, 5) is 22.5. The van der Waals surface area contributed by atoms with Crippen LogP contribution in [0.5, 0.6) is 0 Å². The lowest BCUT2D eigenvalue weighted by Crippen LogP contribution is -2.54. The third-order valence-electron chi connectivity index (χ3n) is 10.7. The number of amides is 1. The molecular formula is C40H40F6N4O3. The fourth-order valence-electron chi connectivity index (χ4n) is 7.98. The van der Waals surface area contributed by atoms with E-state index in [0.717, 1.165) is 28.1 Å². The second-order valence-electron chi connectivity index (χ2n) is 14.2. The predicted molar refractivity (Wildman–Crippen MR) is 186 cm³/mol. The first kappa shape index (κ1) is 36.7. The van der Waals surface area contributed by atoms with E-state index < -0.39 is 47.1 Å². The van der Waals surface area contributed by atoms with Crippen molar-refractivity contribution in [3.05, 3.63) is 125 Å². The number of carbonyl (C=O) groups is 1. The normalized spacial score (nSPS) is 19.9. The summed E-state index contributed by atoms with van der Waals surface area (Å²) in [6, 6.07) is 21.6. The number of aryl methyl sites for hydroxylation is 1. The number of piperidine rings is 2. The second-order valence-corrected chi connectivity index (χ2v) is 14.2. The molecule has 53 heavy (non-hydrogen) atoms. The highest BCUT2D eigenvalue weighted by atomic mass is 19.4. The van der Waals surface area contributed by atoms with Crippen LogP contribution in [0.4, 0.5) is 26.3 Å². The van der Waals surface area contributed by atoms with Gasteiger partial charge in [0.05, 0.1) is 28.7 Å². The zero-order chi connectivity index (χ0) is 37.5. The number of hydrogen-bond donors (Lipinski definition) is 1. The van der Waals surface area contributed by atoms with E-state index in [4.69, 9.17) is 9.40 Å². The summed E-state index contributed by atoms with van der Waals surface area (Å²) in [5, 5.41) is 11.7. The van der Waals surface area contributed by atoms with Gasteiger partial charge in [0.2, 0.25) is 0 Å². The third-order valence-corrected chi connectivity index (χ3v) is 10.7. The number of alkyl halides is 6. The van der Waals surface area contributed by atoms with Crippen LogP contribution >= 0.6 is 0 Å². The number of aromatic nitrogens is 2. The lowest BCUT2D eigenvalue weighted by molar-refractivity contribution is -0.143. The molecule has 0 aliphatic carbocycles. The van der Waals surface area contributed by atoms with E-state index in [0.29, 0.717) is 69.7 Å². The van der Waals surface area contributed by atoms with Gasteiger partial charge in [-0.3, -0.25) is 4.79 Å². The van der Waals surface area contributed by atoms with Gasteiger partial charge in [-0.1, -0.05) is 42.5 Å². The molecule has 2 aromatic heterocycles. The minimum atomic E-state index is -5.06. The van der Waals surface area contributed by atoms with Crippen molar-refractivity contribution in [3.63, 3.8) is 0 Å². The maximum atomic E-state index is 13.8. The summed E-state index contributed by atoms with van der Waals surface area (Å²) >= 11 is 0. The maximum absolute atomic E-state index is 13.8. The van der Waals surface area contributed by atoms with Gasteiger partial charge in [0.15, 0.2) is 0 Å². The molecule has 0 saturated carbocycles. The molecule has 7 nitrogen and oxygen atoms in total. The first-order chi connectivity index (χ1) is 25.2. The van der Waals surface area contributed by atoms with Gasteiger partial charge in [0.1, 0.15) is 23.4 Å². The number of aliphatic hydroxyl groups excluding tert-OH is 1. The molecule has 0 radical (unpaired) electrons. The summed E-state index contributed by atoms with van der Waals surface area (Å²) in [7, 11) is 0. The highest BCUT2D eigenvalue weighted by Crippen LogP contribution is 2.38. The first-order valence-electron chi connectivity index (χ1n) is 17.8. The van der Waals surface area contributed by atoms with Gasteiger partial charge in [0.25, 0.3) is 5.91 Å². The molecule has 280 valence electrons. The van der Waals surface area contributed by atoms with Crippen molar-refractivity contribution in [2.24, 2.45) is 5.92 Å². The van der Waals surface area contributed by atoms with Gasteiger partial charge in [0, 0.05) is 24.2 Å². The number of likely N-dealkylation sites (tertiary alicyclic amines) is 2. The number of fused-ring (bicyclic) bond motifs is 1. The SMILES string of the molecule is Cc1ccc(Cn2c(C(O)C3CCN(C4CCN(C(=O)c5cc(C(F)(F)F)cc(C(F)(F)F)c5)C(Cc5ccccc5)C4)CC3)nc3ccccc32)o1. The Balaban J connectivity index is 1.08. The summed E-state index contributed by atoms with van der Waals surface area (Å²) < 4.78 is 89.9. The predicted octanol–water partition coefficient (Wildman–Crippen LogP) is 8.69. The fraction of sp³-hybridized carbons (Fsp3) is 0.400. The lowest BCUT2D eigenvalue weighted by Gasteiger charge is -2.46. The number of benzene rings is 3. The maximum Gasteiger partial charge on any atom is 0.416 e.